The number of aliphatic carboxylic acids is 2. The molecule has 29 heavy (non-hydrogen) atoms. The summed E-state index contributed by atoms with van der Waals surface area (Å²) in [6, 6.07) is 11.1. The van der Waals surface area contributed by atoms with Crippen LogP contribution in [0.3, 0.4) is 0 Å². The number of carboxylic acid groups (broad SMARTS) is 2. The lowest BCUT2D eigenvalue weighted by atomic mass is 10.0. The van der Waals surface area contributed by atoms with Crippen molar-refractivity contribution in [1.82, 2.24) is 4.57 Å². The van der Waals surface area contributed by atoms with E-state index >= 15 is 0 Å². The first kappa shape index (κ1) is 20.3. The fourth-order valence-corrected chi connectivity index (χ4v) is 3.55. The van der Waals surface area contributed by atoms with Gasteiger partial charge >= 0.3 is 11.9 Å². The second kappa shape index (κ2) is 8.26. The maximum Gasteiger partial charge on any atom is 0.372 e. The van der Waals surface area contributed by atoms with Gasteiger partial charge < -0.3 is 14.8 Å². The lowest BCUT2D eigenvalue weighted by Gasteiger charge is -2.04. The maximum atomic E-state index is 12.4. The monoisotopic (exact) mass is 395 g/mol. The van der Waals surface area contributed by atoms with Gasteiger partial charge in [0, 0.05) is 46.8 Å². The van der Waals surface area contributed by atoms with Crippen LogP contribution in [0.2, 0.25) is 0 Å². The van der Waals surface area contributed by atoms with Gasteiger partial charge in [0.25, 0.3) is 0 Å². The van der Waals surface area contributed by atoms with Gasteiger partial charge in [-0.25, -0.2) is 4.79 Å². The number of carboxylic acids is 2. The smallest absolute Gasteiger partial charge is 0.372 e. The van der Waals surface area contributed by atoms with E-state index in [1.54, 1.807) is 12.1 Å². The van der Waals surface area contributed by atoms with Crippen LogP contribution in [-0.4, -0.2) is 38.3 Å². The van der Waals surface area contributed by atoms with Crippen molar-refractivity contribution in [3.8, 4) is 0 Å². The molecule has 0 unspecified atom stereocenters. The molecular formula is C22H21NO6. The van der Waals surface area contributed by atoms with Crippen molar-refractivity contribution in [3.63, 3.8) is 0 Å². The van der Waals surface area contributed by atoms with Crippen LogP contribution < -0.4 is 0 Å². The number of fused-ring (bicyclic) bond motifs is 3. The Morgan fingerprint density at radius 3 is 2.14 bits per heavy atom. The van der Waals surface area contributed by atoms with E-state index in [1.807, 2.05) is 31.2 Å². The Morgan fingerprint density at radius 2 is 1.52 bits per heavy atom. The topological polar surface area (TPSA) is 114 Å². The molecule has 7 heteroatoms. The Bertz CT molecular complexity index is 1140. The quantitative estimate of drug-likeness (QED) is 0.424. The van der Waals surface area contributed by atoms with E-state index in [-0.39, 0.29) is 25.0 Å². The average Bonchev–Trinajstić information content (AvgIpc) is 3.02. The van der Waals surface area contributed by atoms with Gasteiger partial charge in [-0.15, -0.1) is 0 Å². The summed E-state index contributed by atoms with van der Waals surface area (Å²) in [7, 11) is 0. The summed E-state index contributed by atoms with van der Waals surface area (Å²) < 4.78 is 2.11. The molecular weight excluding hydrogens is 374 g/mol. The van der Waals surface area contributed by atoms with Crippen molar-refractivity contribution < 1.29 is 29.4 Å². The largest absolute Gasteiger partial charge is 0.481 e. The summed E-state index contributed by atoms with van der Waals surface area (Å²) in [5, 5.41) is 19.3. The zero-order valence-corrected chi connectivity index (χ0v) is 16.0. The molecule has 7 nitrogen and oxygen atoms in total. The highest BCUT2D eigenvalue weighted by atomic mass is 16.4. The van der Waals surface area contributed by atoms with E-state index in [0.717, 1.165) is 33.9 Å². The van der Waals surface area contributed by atoms with Gasteiger partial charge in [0.15, 0.2) is 5.78 Å². The van der Waals surface area contributed by atoms with E-state index in [4.69, 9.17) is 10.2 Å². The van der Waals surface area contributed by atoms with Gasteiger partial charge in [-0.05, 0) is 49.2 Å². The molecule has 2 N–H and O–H groups in total. The van der Waals surface area contributed by atoms with Crippen molar-refractivity contribution in [3.05, 3.63) is 47.5 Å². The molecule has 0 amide bonds. The molecule has 0 atom stereocenters. The summed E-state index contributed by atoms with van der Waals surface area (Å²) in [4.78, 5) is 45.2. The van der Waals surface area contributed by atoms with Gasteiger partial charge in [-0.1, -0.05) is 6.07 Å². The highest BCUT2D eigenvalue weighted by Gasteiger charge is 2.15. The Hall–Kier alpha value is -3.48. The minimum absolute atomic E-state index is 0.0597. The predicted octanol–water partition coefficient (Wildman–Crippen LogP) is 3.45. The number of rotatable bonds is 9. The summed E-state index contributed by atoms with van der Waals surface area (Å²) in [6.07, 6.45) is -0.0333. The standard InChI is InChI=1S/C22H21NO6/c1-2-23-17-6-3-13(4-8-20(25)22(28)29)11-15(17)16-12-14(5-7-18(16)23)19(24)9-10-21(26)27/h3,5-7,11-12H,2,4,8-10H2,1H3,(H,26,27)(H,28,29). The summed E-state index contributed by atoms with van der Waals surface area (Å²) in [5.41, 5.74) is 3.23. The number of carbonyl (C=O) groups is 4. The molecule has 0 aliphatic rings. The molecule has 0 fully saturated rings. The van der Waals surface area contributed by atoms with E-state index in [1.165, 1.54) is 0 Å². The summed E-state index contributed by atoms with van der Waals surface area (Å²) in [6.45, 7) is 2.74. The van der Waals surface area contributed by atoms with Crippen LogP contribution in [0.4, 0.5) is 0 Å². The van der Waals surface area contributed by atoms with Gasteiger partial charge in [0.05, 0.1) is 6.42 Å². The SMILES string of the molecule is CCn1c2ccc(CCC(=O)C(=O)O)cc2c2cc(C(=O)CCC(=O)O)ccc21. The minimum Gasteiger partial charge on any atom is -0.481 e. The molecule has 0 radical (unpaired) electrons. The fraction of sp³-hybridized carbons (Fsp3) is 0.273. The first-order valence-electron chi connectivity index (χ1n) is 9.37. The van der Waals surface area contributed by atoms with Crippen molar-refractivity contribution in [2.45, 2.75) is 39.2 Å². The Labute approximate surface area is 166 Å². The van der Waals surface area contributed by atoms with Gasteiger partial charge in [-0.3, -0.25) is 14.4 Å². The molecule has 0 saturated carbocycles. The van der Waals surface area contributed by atoms with Crippen molar-refractivity contribution in [1.29, 1.82) is 0 Å². The van der Waals surface area contributed by atoms with Crippen LogP contribution in [0.1, 0.15) is 42.1 Å². The van der Waals surface area contributed by atoms with Crippen LogP contribution in [0.25, 0.3) is 21.8 Å². The Morgan fingerprint density at radius 1 is 0.862 bits per heavy atom. The lowest BCUT2D eigenvalue weighted by Crippen LogP contribution is -2.12. The molecule has 0 bridgehead atoms. The number of aromatic nitrogens is 1. The molecule has 0 spiro atoms. The second-order valence-corrected chi connectivity index (χ2v) is 6.87. The Balaban J connectivity index is 2.02. The molecule has 1 aromatic heterocycles. The normalized spacial score (nSPS) is 11.1. The van der Waals surface area contributed by atoms with Gasteiger partial charge in [-0.2, -0.15) is 0 Å². The fourth-order valence-electron chi connectivity index (χ4n) is 3.55. The number of hydrogen-bond acceptors (Lipinski definition) is 4. The van der Waals surface area contributed by atoms with E-state index in [2.05, 4.69) is 4.57 Å². The summed E-state index contributed by atoms with van der Waals surface area (Å²) in [5.74, 6) is -3.50. The molecule has 0 aliphatic carbocycles. The minimum atomic E-state index is -1.43. The van der Waals surface area contributed by atoms with Crippen LogP contribution in [0.5, 0.6) is 0 Å². The summed E-state index contributed by atoms with van der Waals surface area (Å²) >= 11 is 0. The maximum absolute atomic E-state index is 12.4. The number of benzene rings is 2. The van der Waals surface area contributed by atoms with Gasteiger partial charge in [0.1, 0.15) is 0 Å². The van der Waals surface area contributed by atoms with Crippen LogP contribution >= 0.6 is 0 Å². The van der Waals surface area contributed by atoms with Crippen molar-refractivity contribution in [2.24, 2.45) is 0 Å². The lowest BCUT2D eigenvalue weighted by molar-refractivity contribution is -0.149. The third-order valence-corrected chi connectivity index (χ3v) is 5.01. The molecule has 1 heterocycles. The molecule has 3 aromatic rings. The van der Waals surface area contributed by atoms with Crippen LogP contribution in [-0.2, 0) is 27.3 Å². The first-order valence-corrected chi connectivity index (χ1v) is 9.37. The second-order valence-electron chi connectivity index (χ2n) is 6.87. The number of carbonyl (C=O) groups excluding carboxylic acids is 2. The zero-order chi connectivity index (χ0) is 21.1. The highest BCUT2D eigenvalue weighted by molar-refractivity contribution is 6.32. The predicted molar refractivity (Wildman–Crippen MR) is 107 cm³/mol. The first-order chi connectivity index (χ1) is 13.8. The molecule has 3 rings (SSSR count). The third-order valence-electron chi connectivity index (χ3n) is 5.01. The molecule has 0 saturated heterocycles. The Kier molecular flexibility index (Phi) is 5.77. The number of Topliss-reactive ketones (excluding diaryl/α,β-unsaturated/α-hetero) is 2. The third kappa shape index (κ3) is 4.18. The van der Waals surface area contributed by atoms with E-state index in [9.17, 15) is 19.2 Å². The van der Waals surface area contributed by atoms with Crippen LogP contribution in [0, 0.1) is 0 Å². The average molecular weight is 395 g/mol. The number of nitrogens with zero attached hydrogens (tertiary/aromatic N) is 1. The zero-order valence-electron chi connectivity index (χ0n) is 16.0. The molecule has 0 aliphatic heterocycles. The number of aryl methyl sites for hydroxylation is 2. The van der Waals surface area contributed by atoms with E-state index in [0.29, 0.717) is 12.0 Å². The molecule has 2 aromatic carbocycles. The van der Waals surface area contributed by atoms with Gasteiger partial charge in [0.2, 0.25) is 5.78 Å². The van der Waals surface area contributed by atoms with Crippen molar-refractivity contribution >= 4 is 45.3 Å². The number of hydrogen-bond donors (Lipinski definition) is 2. The van der Waals surface area contributed by atoms with E-state index < -0.39 is 17.7 Å². The van der Waals surface area contributed by atoms with Crippen molar-refractivity contribution in [2.75, 3.05) is 0 Å². The number of ketones is 2. The molecule has 150 valence electrons. The highest BCUT2D eigenvalue weighted by Crippen LogP contribution is 2.31. The van der Waals surface area contributed by atoms with Crippen LogP contribution in [0.15, 0.2) is 36.4 Å².